The van der Waals surface area contributed by atoms with Gasteiger partial charge < -0.3 is 0 Å². The molecule has 0 heterocycles. The summed E-state index contributed by atoms with van der Waals surface area (Å²) in [4.78, 5) is 0. The Balaban J connectivity index is 3.10. The molecule has 1 rings (SSSR count). The molecule has 0 saturated heterocycles. The Morgan fingerprint density at radius 3 is 2.54 bits per heavy atom. The minimum atomic E-state index is -3.53. The standard InChI is InChI=1S/C8H10ClNO2S/c1-6(13(10,11)12)7-3-2-4-8(9)5-7/h2-6H,1H3,(H2,10,11,12). The fourth-order valence-electron chi connectivity index (χ4n) is 0.949. The lowest BCUT2D eigenvalue weighted by Crippen LogP contribution is -2.19. The zero-order valence-corrected chi connectivity index (χ0v) is 8.64. The number of sulfonamides is 1. The van der Waals surface area contributed by atoms with Crippen LogP contribution in [-0.4, -0.2) is 8.42 Å². The lowest BCUT2D eigenvalue weighted by molar-refractivity contribution is 0.588. The molecular weight excluding hydrogens is 210 g/mol. The maximum absolute atomic E-state index is 11.0. The molecule has 3 nitrogen and oxygen atoms in total. The SMILES string of the molecule is CC(c1cccc(Cl)c1)S(N)(=O)=O. The molecule has 0 amide bonds. The first-order chi connectivity index (χ1) is 5.91. The third-order valence-corrected chi connectivity index (χ3v) is 3.30. The van der Waals surface area contributed by atoms with E-state index in [1.807, 2.05) is 0 Å². The third kappa shape index (κ3) is 2.69. The summed E-state index contributed by atoms with van der Waals surface area (Å²) in [7, 11) is -3.53. The Hall–Kier alpha value is -0.580. The Bertz CT molecular complexity index is 402. The van der Waals surface area contributed by atoms with Crippen molar-refractivity contribution < 1.29 is 8.42 Å². The quantitative estimate of drug-likeness (QED) is 0.823. The highest BCUT2D eigenvalue weighted by molar-refractivity contribution is 7.89. The van der Waals surface area contributed by atoms with Gasteiger partial charge in [-0.1, -0.05) is 23.7 Å². The summed E-state index contributed by atoms with van der Waals surface area (Å²) in [5.74, 6) is 0. The number of rotatable bonds is 2. The van der Waals surface area contributed by atoms with Gasteiger partial charge in [-0.15, -0.1) is 0 Å². The van der Waals surface area contributed by atoms with Gasteiger partial charge in [-0.2, -0.15) is 0 Å². The maximum Gasteiger partial charge on any atom is 0.215 e. The smallest absolute Gasteiger partial charge is 0.215 e. The van der Waals surface area contributed by atoms with E-state index >= 15 is 0 Å². The fourth-order valence-corrected chi connectivity index (χ4v) is 1.67. The molecule has 13 heavy (non-hydrogen) atoms. The van der Waals surface area contributed by atoms with Gasteiger partial charge in [-0.25, -0.2) is 13.6 Å². The van der Waals surface area contributed by atoms with Gasteiger partial charge in [0.25, 0.3) is 0 Å². The minimum absolute atomic E-state index is 0.507. The number of hydrogen-bond donors (Lipinski definition) is 1. The first-order valence-electron chi connectivity index (χ1n) is 3.68. The molecule has 0 spiro atoms. The molecule has 0 fully saturated rings. The second kappa shape index (κ2) is 3.65. The summed E-state index contributed by atoms with van der Waals surface area (Å²) >= 11 is 5.70. The number of nitrogens with two attached hydrogens (primary N) is 1. The molecule has 0 bridgehead atoms. The summed E-state index contributed by atoms with van der Waals surface area (Å²) < 4.78 is 22.0. The molecule has 1 aromatic carbocycles. The molecule has 1 aromatic rings. The Morgan fingerprint density at radius 2 is 2.08 bits per heavy atom. The van der Waals surface area contributed by atoms with Gasteiger partial charge in [0.05, 0.1) is 5.25 Å². The van der Waals surface area contributed by atoms with E-state index in [1.54, 1.807) is 24.3 Å². The van der Waals surface area contributed by atoms with Crippen LogP contribution in [0.3, 0.4) is 0 Å². The first kappa shape index (κ1) is 10.5. The lowest BCUT2D eigenvalue weighted by Gasteiger charge is -2.08. The van der Waals surface area contributed by atoms with Crippen molar-refractivity contribution in [1.82, 2.24) is 0 Å². The Morgan fingerprint density at radius 1 is 1.46 bits per heavy atom. The van der Waals surface area contributed by atoms with Crippen molar-refractivity contribution in [3.63, 3.8) is 0 Å². The van der Waals surface area contributed by atoms with Crippen LogP contribution < -0.4 is 5.14 Å². The molecule has 0 radical (unpaired) electrons. The fraction of sp³-hybridized carbons (Fsp3) is 0.250. The topological polar surface area (TPSA) is 60.2 Å². The Kier molecular flexibility index (Phi) is 2.95. The molecule has 0 aromatic heterocycles. The molecule has 0 saturated carbocycles. The largest absolute Gasteiger partial charge is 0.228 e. The highest BCUT2D eigenvalue weighted by atomic mass is 35.5. The van der Waals surface area contributed by atoms with Crippen LogP contribution >= 0.6 is 11.6 Å². The van der Waals surface area contributed by atoms with E-state index < -0.39 is 15.3 Å². The molecule has 0 aliphatic heterocycles. The van der Waals surface area contributed by atoms with Crippen LogP contribution in [0.5, 0.6) is 0 Å². The van der Waals surface area contributed by atoms with Crippen molar-refractivity contribution in [1.29, 1.82) is 0 Å². The minimum Gasteiger partial charge on any atom is -0.228 e. The van der Waals surface area contributed by atoms with Gasteiger partial charge in [0.2, 0.25) is 10.0 Å². The molecule has 72 valence electrons. The van der Waals surface area contributed by atoms with Gasteiger partial charge in [-0.3, -0.25) is 0 Å². The van der Waals surface area contributed by atoms with Crippen LogP contribution in [0.1, 0.15) is 17.7 Å². The predicted octanol–water partition coefficient (Wildman–Crippen LogP) is 1.69. The molecule has 5 heteroatoms. The number of primary sulfonamides is 1. The number of benzene rings is 1. The van der Waals surface area contributed by atoms with E-state index in [1.165, 1.54) is 6.92 Å². The van der Waals surface area contributed by atoms with Gasteiger partial charge >= 0.3 is 0 Å². The average molecular weight is 220 g/mol. The van der Waals surface area contributed by atoms with Crippen molar-refractivity contribution in [3.05, 3.63) is 34.9 Å². The lowest BCUT2D eigenvalue weighted by atomic mass is 10.2. The zero-order valence-electron chi connectivity index (χ0n) is 7.07. The van der Waals surface area contributed by atoms with Crippen LogP contribution in [0.4, 0.5) is 0 Å². The van der Waals surface area contributed by atoms with Gasteiger partial charge in [-0.05, 0) is 24.6 Å². The van der Waals surface area contributed by atoms with Crippen LogP contribution in [0.2, 0.25) is 5.02 Å². The molecule has 2 N–H and O–H groups in total. The second-order valence-electron chi connectivity index (χ2n) is 2.79. The summed E-state index contributed by atoms with van der Waals surface area (Å²) in [6.45, 7) is 1.53. The first-order valence-corrected chi connectivity index (χ1v) is 5.67. The summed E-state index contributed by atoms with van der Waals surface area (Å²) in [6.07, 6.45) is 0. The summed E-state index contributed by atoms with van der Waals surface area (Å²) in [5, 5.41) is 4.78. The van der Waals surface area contributed by atoms with E-state index in [0.29, 0.717) is 10.6 Å². The van der Waals surface area contributed by atoms with Crippen molar-refractivity contribution in [2.75, 3.05) is 0 Å². The zero-order chi connectivity index (χ0) is 10.1. The average Bonchev–Trinajstić information content (AvgIpc) is 2.01. The third-order valence-electron chi connectivity index (χ3n) is 1.81. The van der Waals surface area contributed by atoms with Crippen LogP contribution in [-0.2, 0) is 10.0 Å². The van der Waals surface area contributed by atoms with E-state index in [0.717, 1.165) is 0 Å². The van der Waals surface area contributed by atoms with Gasteiger partial charge in [0.1, 0.15) is 0 Å². The summed E-state index contributed by atoms with van der Waals surface area (Å²) in [5.41, 5.74) is 0.606. The van der Waals surface area contributed by atoms with Crippen molar-refractivity contribution in [3.8, 4) is 0 Å². The highest BCUT2D eigenvalue weighted by Crippen LogP contribution is 2.21. The van der Waals surface area contributed by atoms with Crippen LogP contribution in [0.15, 0.2) is 24.3 Å². The second-order valence-corrected chi connectivity index (χ2v) is 5.11. The molecule has 0 aliphatic rings. The molecular formula is C8H10ClNO2S. The predicted molar refractivity (Wildman–Crippen MR) is 53.0 cm³/mol. The van der Waals surface area contributed by atoms with Crippen LogP contribution in [0, 0.1) is 0 Å². The number of halogens is 1. The normalized spacial score (nSPS) is 14.1. The van der Waals surface area contributed by atoms with Crippen molar-refractivity contribution >= 4 is 21.6 Å². The van der Waals surface area contributed by atoms with Crippen molar-refractivity contribution in [2.45, 2.75) is 12.2 Å². The number of hydrogen-bond acceptors (Lipinski definition) is 2. The molecule has 1 unspecified atom stereocenters. The highest BCUT2D eigenvalue weighted by Gasteiger charge is 2.17. The van der Waals surface area contributed by atoms with E-state index in [-0.39, 0.29) is 0 Å². The molecule has 0 aliphatic carbocycles. The maximum atomic E-state index is 11.0. The van der Waals surface area contributed by atoms with E-state index in [2.05, 4.69) is 0 Å². The van der Waals surface area contributed by atoms with Gasteiger partial charge in [0, 0.05) is 5.02 Å². The van der Waals surface area contributed by atoms with E-state index in [4.69, 9.17) is 16.7 Å². The molecule has 1 atom stereocenters. The van der Waals surface area contributed by atoms with Crippen molar-refractivity contribution in [2.24, 2.45) is 5.14 Å². The Labute approximate surface area is 82.6 Å². The summed E-state index contributed by atoms with van der Waals surface area (Å²) in [6, 6.07) is 6.65. The van der Waals surface area contributed by atoms with Gasteiger partial charge in [0.15, 0.2) is 0 Å². The van der Waals surface area contributed by atoms with Crippen LogP contribution in [0.25, 0.3) is 0 Å². The monoisotopic (exact) mass is 219 g/mol. The van der Waals surface area contributed by atoms with E-state index in [9.17, 15) is 8.42 Å².